The minimum atomic E-state index is -0.925. The van der Waals surface area contributed by atoms with Crippen molar-refractivity contribution in [2.45, 2.75) is 45.1 Å². The molecule has 3 aromatic rings. The summed E-state index contributed by atoms with van der Waals surface area (Å²) in [5.41, 5.74) is 1.41. The maximum atomic E-state index is 13.9. The molecule has 1 heterocycles. The van der Waals surface area contributed by atoms with Crippen molar-refractivity contribution in [1.29, 1.82) is 0 Å². The predicted molar refractivity (Wildman–Crippen MR) is 103 cm³/mol. The average molecular weight is 391 g/mol. The lowest BCUT2D eigenvalue weighted by Gasteiger charge is -2.22. The zero-order chi connectivity index (χ0) is 19.0. The Morgan fingerprint density at radius 3 is 2.56 bits per heavy atom. The van der Waals surface area contributed by atoms with Gasteiger partial charge in [0, 0.05) is 23.7 Å². The Labute approximate surface area is 161 Å². The number of fused-ring (bicyclic) bond motifs is 1. The average Bonchev–Trinajstić information content (AvgIpc) is 2.98. The molecular weight excluding hydrogens is 370 g/mol. The highest BCUT2D eigenvalue weighted by Crippen LogP contribution is 2.35. The van der Waals surface area contributed by atoms with E-state index in [-0.39, 0.29) is 5.75 Å². The Kier molecular flexibility index (Phi) is 5.04. The van der Waals surface area contributed by atoms with Gasteiger partial charge in [0.2, 0.25) is 0 Å². The van der Waals surface area contributed by atoms with Crippen molar-refractivity contribution in [3.63, 3.8) is 0 Å². The van der Waals surface area contributed by atoms with E-state index in [2.05, 4.69) is 4.98 Å². The molecule has 0 radical (unpaired) electrons. The Balaban J connectivity index is 1.78. The lowest BCUT2D eigenvalue weighted by Crippen LogP contribution is -2.11. The monoisotopic (exact) mass is 390 g/mol. The number of phenolic OH excluding ortho intramolecular Hbond substituents is 1. The third-order valence-electron chi connectivity index (χ3n) is 5.48. The summed E-state index contributed by atoms with van der Waals surface area (Å²) in [4.78, 5) is 4.49. The van der Waals surface area contributed by atoms with Gasteiger partial charge in [-0.15, -0.1) is 0 Å². The van der Waals surface area contributed by atoms with Crippen molar-refractivity contribution in [2.24, 2.45) is 5.92 Å². The molecule has 0 atom stereocenters. The molecule has 1 fully saturated rings. The molecule has 1 aliphatic carbocycles. The summed E-state index contributed by atoms with van der Waals surface area (Å²) in [5.74, 6) is -0.690. The largest absolute Gasteiger partial charge is 0.507 e. The Hall–Kier alpha value is -2.14. The number of hydrogen-bond donors (Lipinski definition) is 1. The molecule has 4 rings (SSSR count). The SMILES string of the molecule is Oc1cc(Cl)ccc1-c1nc2cc(F)c(F)cc2n1CCC1CCCCC1. The molecule has 2 aromatic carbocycles. The standard InChI is InChI=1S/C21H21ClF2N2O/c22-14-6-7-15(20(27)10-14)21-25-18-11-16(23)17(24)12-19(18)26(21)9-8-13-4-2-1-3-5-13/h6-7,10-13,27H,1-5,8-9H2. The van der Waals surface area contributed by atoms with E-state index in [4.69, 9.17) is 11.6 Å². The second-order valence-corrected chi connectivity index (χ2v) is 7.73. The number of benzene rings is 2. The van der Waals surface area contributed by atoms with E-state index in [9.17, 15) is 13.9 Å². The van der Waals surface area contributed by atoms with Crippen molar-refractivity contribution >= 4 is 22.6 Å². The molecule has 1 aromatic heterocycles. The van der Waals surface area contributed by atoms with E-state index in [0.717, 1.165) is 12.5 Å². The van der Waals surface area contributed by atoms with Crippen LogP contribution >= 0.6 is 11.6 Å². The third-order valence-corrected chi connectivity index (χ3v) is 5.71. The van der Waals surface area contributed by atoms with Crippen molar-refractivity contribution in [1.82, 2.24) is 9.55 Å². The van der Waals surface area contributed by atoms with Crippen molar-refractivity contribution < 1.29 is 13.9 Å². The molecule has 1 N–H and O–H groups in total. The van der Waals surface area contributed by atoms with E-state index in [1.807, 2.05) is 4.57 Å². The van der Waals surface area contributed by atoms with Crippen LogP contribution in [0, 0.1) is 17.6 Å². The molecule has 142 valence electrons. The summed E-state index contributed by atoms with van der Waals surface area (Å²) in [6, 6.07) is 7.10. The van der Waals surface area contributed by atoms with Gasteiger partial charge in [-0.05, 0) is 30.5 Å². The van der Waals surface area contributed by atoms with Crippen LogP contribution < -0.4 is 0 Å². The molecule has 0 unspecified atom stereocenters. The summed E-state index contributed by atoms with van der Waals surface area (Å²) >= 11 is 5.94. The molecule has 6 heteroatoms. The molecular formula is C21H21ClF2N2O. The van der Waals surface area contributed by atoms with Crippen molar-refractivity contribution in [3.8, 4) is 17.1 Å². The van der Waals surface area contributed by atoms with Crippen LogP contribution in [0.4, 0.5) is 8.78 Å². The van der Waals surface area contributed by atoms with Crippen LogP contribution in [0.1, 0.15) is 38.5 Å². The molecule has 27 heavy (non-hydrogen) atoms. The van der Waals surface area contributed by atoms with Crippen LogP contribution in [0.3, 0.4) is 0 Å². The van der Waals surface area contributed by atoms with E-state index in [0.29, 0.717) is 39.9 Å². The number of rotatable bonds is 4. The number of hydrogen-bond acceptors (Lipinski definition) is 2. The molecule has 1 saturated carbocycles. The number of phenols is 1. The highest BCUT2D eigenvalue weighted by molar-refractivity contribution is 6.30. The molecule has 0 amide bonds. The second kappa shape index (κ2) is 7.47. The fourth-order valence-corrected chi connectivity index (χ4v) is 4.20. The summed E-state index contributed by atoms with van der Waals surface area (Å²) in [5, 5.41) is 10.7. The molecule has 0 spiro atoms. The van der Waals surface area contributed by atoms with Crippen LogP contribution in [0.15, 0.2) is 30.3 Å². The molecule has 0 aliphatic heterocycles. The van der Waals surface area contributed by atoms with Crippen LogP contribution in [-0.4, -0.2) is 14.7 Å². The summed E-state index contributed by atoms with van der Waals surface area (Å²) < 4.78 is 29.5. The Morgan fingerprint density at radius 2 is 1.81 bits per heavy atom. The number of aryl methyl sites for hydroxylation is 1. The van der Waals surface area contributed by atoms with Gasteiger partial charge in [-0.25, -0.2) is 13.8 Å². The first-order chi connectivity index (χ1) is 13.0. The highest BCUT2D eigenvalue weighted by atomic mass is 35.5. The molecule has 0 saturated heterocycles. The quantitative estimate of drug-likeness (QED) is 0.566. The smallest absolute Gasteiger partial charge is 0.161 e. The minimum absolute atomic E-state index is 0.00216. The predicted octanol–water partition coefficient (Wildman–Crippen LogP) is 6.31. The summed E-state index contributed by atoms with van der Waals surface area (Å²) in [6.07, 6.45) is 7.15. The number of aromatic hydroxyl groups is 1. The van der Waals surface area contributed by atoms with Gasteiger partial charge in [0.1, 0.15) is 11.6 Å². The molecule has 1 aliphatic rings. The van der Waals surface area contributed by atoms with Crippen LogP contribution in [0.25, 0.3) is 22.4 Å². The van der Waals surface area contributed by atoms with E-state index in [1.54, 1.807) is 12.1 Å². The van der Waals surface area contributed by atoms with E-state index >= 15 is 0 Å². The van der Waals surface area contributed by atoms with Gasteiger partial charge >= 0.3 is 0 Å². The maximum absolute atomic E-state index is 13.9. The van der Waals surface area contributed by atoms with Gasteiger partial charge in [0.15, 0.2) is 11.6 Å². The van der Waals surface area contributed by atoms with Gasteiger partial charge in [-0.3, -0.25) is 0 Å². The number of imidazole rings is 1. The zero-order valence-corrected chi connectivity index (χ0v) is 15.6. The first kappa shape index (κ1) is 18.2. The number of halogens is 3. The van der Waals surface area contributed by atoms with Crippen LogP contribution in [0.2, 0.25) is 5.02 Å². The highest BCUT2D eigenvalue weighted by Gasteiger charge is 2.20. The van der Waals surface area contributed by atoms with Gasteiger partial charge in [-0.1, -0.05) is 43.7 Å². The third kappa shape index (κ3) is 3.65. The lowest BCUT2D eigenvalue weighted by atomic mass is 9.87. The van der Waals surface area contributed by atoms with Gasteiger partial charge in [0.05, 0.1) is 16.6 Å². The Morgan fingerprint density at radius 1 is 1.07 bits per heavy atom. The van der Waals surface area contributed by atoms with Gasteiger partial charge in [-0.2, -0.15) is 0 Å². The van der Waals surface area contributed by atoms with Crippen molar-refractivity contribution in [2.75, 3.05) is 0 Å². The zero-order valence-electron chi connectivity index (χ0n) is 14.9. The molecule has 3 nitrogen and oxygen atoms in total. The van der Waals surface area contributed by atoms with E-state index in [1.165, 1.54) is 44.2 Å². The fraction of sp³-hybridized carbons (Fsp3) is 0.381. The van der Waals surface area contributed by atoms with E-state index < -0.39 is 11.6 Å². The van der Waals surface area contributed by atoms with Gasteiger partial charge in [0.25, 0.3) is 0 Å². The Bertz CT molecular complexity index is 980. The first-order valence-electron chi connectivity index (χ1n) is 9.37. The molecule has 0 bridgehead atoms. The fourth-order valence-electron chi connectivity index (χ4n) is 4.03. The second-order valence-electron chi connectivity index (χ2n) is 7.30. The topological polar surface area (TPSA) is 38.1 Å². The first-order valence-corrected chi connectivity index (χ1v) is 9.75. The van der Waals surface area contributed by atoms with Crippen molar-refractivity contribution in [3.05, 3.63) is 47.0 Å². The summed E-state index contributed by atoms with van der Waals surface area (Å²) in [6.45, 7) is 0.642. The summed E-state index contributed by atoms with van der Waals surface area (Å²) in [7, 11) is 0. The number of aromatic nitrogens is 2. The number of nitrogens with zero attached hydrogens (tertiary/aromatic N) is 2. The normalized spacial score (nSPS) is 15.5. The maximum Gasteiger partial charge on any atom is 0.161 e. The minimum Gasteiger partial charge on any atom is -0.507 e. The lowest BCUT2D eigenvalue weighted by molar-refractivity contribution is 0.326. The van der Waals surface area contributed by atoms with Crippen LogP contribution in [-0.2, 0) is 6.54 Å². The van der Waals surface area contributed by atoms with Gasteiger partial charge < -0.3 is 9.67 Å². The van der Waals surface area contributed by atoms with Crippen LogP contribution in [0.5, 0.6) is 5.75 Å².